The number of thiazole rings is 1. The topological polar surface area (TPSA) is 141 Å². The van der Waals surface area contributed by atoms with Crippen molar-refractivity contribution in [1.82, 2.24) is 4.98 Å². The summed E-state index contributed by atoms with van der Waals surface area (Å²) < 4.78 is 17.5. The van der Waals surface area contributed by atoms with Crippen molar-refractivity contribution in [1.29, 1.82) is 0 Å². The van der Waals surface area contributed by atoms with E-state index in [9.17, 15) is 24.8 Å². The molecule has 40 heavy (non-hydrogen) atoms. The number of carbonyl (C=O) groups excluding carboxylic acids is 2. The predicted octanol–water partition coefficient (Wildman–Crippen LogP) is 5.00. The average Bonchev–Trinajstić information content (AvgIpc) is 3.50. The van der Waals surface area contributed by atoms with Gasteiger partial charge in [0, 0.05) is 17.7 Å². The summed E-state index contributed by atoms with van der Waals surface area (Å²) in [6, 6.07) is 14.4. The number of rotatable bonds is 6. The molecule has 1 amide bonds. The van der Waals surface area contributed by atoms with E-state index in [0.717, 1.165) is 4.70 Å². The van der Waals surface area contributed by atoms with Crippen LogP contribution in [0.1, 0.15) is 24.1 Å². The summed E-state index contributed by atoms with van der Waals surface area (Å²) in [4.78, 5) is 43.5. The molecule has 12 heteroatoms. The summed E-state index contributed by atoms with van der Waals surface area (Å²) in [5.41, 5.74) is 0.901. The number of fused-ring (bicyclic) bond motifs is 2. The molecule has 202 valence electrons. The molecular weight excluding hydrogens is 538 g/mol. The molecular formula is C28H21N3O8S. The lowest BCUT2D eigenvalue weighted by Gasteiger charge is -2.23. The first-order valence-corrected chi connectivity index (χ1v) is 13.2. The van der Waals surface area contributed by atoms with Crippen LogP contribution in [-0.2, 0) is 9.59 Å². The Hall–Kier alpha value is -4.97. The minimum atomic E-state index is -1.10. The van der Waals surface area contributed by atoms with E-state index in [1.807, 2.05) is 6.92 Å². The molecule has 1 unspecified atom stereocenters. The van der Waals surface area contributed by atoms with E-state index in [-0.39, 0.29) is 22.0 Å². The van der Waals surface area contributed by atoms with E-state index < -0.39 is 28.4 Å². The van der Waals surface area contributed by atoms with E-state index in [0.29, 0.717) is 48.1 Å². The fourth-order valence-electron chi connectivity index (χ4n) is 4.72. The van der Waals surface area contributed by atoms with Crippen LogP contribution in [0.15, 0.2) is 66.2 Å². The highest BCUT2D eigenvalue weighted by molar-refractivity contribution is 7.22. The Bertz CT molecular complexity index is 1710. The standard InChI is InChI=1S/C28H21N3O8S/c1-2-37-18-8-9-19-22(14-18)40-28(29-19)30-24(15-3-6-17(7-4-15)31(35)36)23(26(33)27(30)34)25(32)16-5-10-20-21(13-16)39-12-11-38-20/h3-10,13-14,24,32H,2,11-12H2,1H3. The third-order valence-corrected chi connectivity index (χ3v) is 7.56. The zero-order chi connectivity index (χ0) is 28.0. The van der Waals surface area contributed by atoms with Crippen LogP contribution in [0, 0.1) is 10.1 Å². The van der Waals surface area contributed by atoms with Gasteiger partial charge in [0.25, 0.3) is 11.5 Å². The van der Waals surface area contributed by atoms with Crippen LogP contribution < -0.4 is 19.1 Å². The lowest BCUT2D eigenvalue weighted by atomic mass is 9.95. The number of nitro groups is 1. The molecule has 0 bridgehead atoms. The van der Waals surface area contributed by atoms with Gasteiger partial charge in [-0.25, -0.2) is 4.98 Å². The van der Waals surface area contributed by atoms with Gasteiger partial charge < -0.3 is 19.3 Å². The van der Waals surface area contributed by atoms with Gasteiger partial charge in [-0.15, -0.1) is 0 Å². The molecule has 1 fully saturated rings. The first kappa shape index (κ1) is 25.3. The highest BCUT2D eigenvalue weighted by Crippen LogP contribution is 2.45. The summed E-state index contributed by atoms with van der Waals surface area (Å²) >= 11 is 1.19. The normalized spacial score (nSPS) is 17.8. The fraction of sp³-hybridized carbons (Fsp3) is 0.179. The van der Waals surface area contributed by atoms with Crippen molar-refractivity contribution in [2.75, 3.05) is 24.7 Å². The molecule has 0 spiro atoms. The Balaban J connectivity index is 1.51. The van der Waals surface area contributed by atoms with Crippen molar-refractivity contribution >= 4 is 49.8 Å². The van der Waals surface area contributed by atoms with E-state index in [4.69, 9.17) is 14.2 Å². The molecule has 6 rings (SSSR count). The van der Waals surface area contributed by atoms with Gasteiger partial charge in [-0.3, -0.25) is 24.6 Å². The Labute approximate surface area is 231 Å². The van der Waals surface area contributed by atoms with E-state index in [1.54, 1.807) is 30.3 Å². The van der Waals surface area contributed by atoms with Crippen LogP contribution in [0.5, 0.6) is 17.2 Å². The van der Waals surface area contributed by atoms with E-state index in [2.05, 4.69) is 4.98 Å². The summed E-state index contributed by atoms with van der Waals surface area (Å²) in [6.45, 7) is 3.06. The molecule has 0 aliphatic carbocycles. The van der Waals surface area contributed by atoms with Gasteiger partial charge in [-0.1, -0.05) is 11.3 Å². The fourth-order valence-corrected chi connectivity index (χ4v) is 5.74. The van der Waals surface area contributed by atoms with Crippen LogP contribution in [0.25, 0.3) is 16.0 Å². The zero-order valence-electron chi connectivity index (χ0n) is 21.0. The molecule has 2 aliphatic rings. The van der Waals surface area contributed by atoms with Gasteiger partial charge >= 0.3 is 5.91 Å². The van der Waals surface area contributed by atoms with Gasteiger partial charge in [0.2, 0.25) is 0 Å². The summed E-state index contributed by atoms with van der Waals surface area (Å²) in [5, 5.41) is 22.9. The SMILES string of the molecule is CCOc1ccc2nc(N3C(=O)C(=O)C(=C(O)c4ccc5c(c4)OCCO5)C3c3ccc([N+](=O)[O-])cc3)sc2c1. The second-order valence-corrected chi connectivity index (χ2v) is 9.94. The quantitative estimate of drug-likeness (QED) is 0.114. The maximum atomic E-state index is 13.5. The minimum Gasteiger partial charge on any atom is -0.507 e. The average molecular weight is 560 g/mol. The first-order chi connectivity index (χ1) is 19.4. The molecule has 1 aromatic heterocycles. The lowest BCUT2D eigenvalue weighted by Crippen LogP contribution is -2.29. The Morgan fingerprint density at radius 3 is 2.58 bits per heavy atom. The number of nitrogens with zero attached hydrogens (tertiary/aromatic N) is 3. The molecule has 1 N–H and O–H groups in total. The van der Waals surface area contributed by atoms with Crippen LogP contribution in [0.4, 0.5) is 10.8 Å². The van der Waals surface area contributed by atoms with Crippen molar-refractivity contribution in [2.24, 2.45) is 0 Å². The van der Waals surface area contributed by atoms with Crippen LogP contribution in [0.2, 0.25) is 0 Å². The van der Waals surface area contributed by atoms with Crippen LogP contribution in [0.3, 0.4) is 0 Å². The maximum absolute atomic E-state index is 13.5. The van der Waals surface area contributed by atoms with Crippen molar-refractivity contribution in [3.05, 3.63) is 87.5 Å². The monoisotopic (exact) mass is 559 g/mol. The number of carbonyl (C=O) groups is 2. The number of aromatic nitrogens is 1. The first-order valence-electron chi connectivity index (χ1n) is 12.3. The third kappa shape index (κ3) is 4.28. The minimum absolute atomic E-state index is 0.157. The number of ketones is 1. The number of aliphatic hydroxyl groups excluding tert-OH is 1. The van der Waals surface area contributed by atoms with E-state index >= 15 is 0 Å². The Morgan fingerprint density at radius 2 is 1.85 bits per heavy atom. The molecule has 2 aliphatic heterocycles. The van der Waals surface area contributed by atoms with E-state index in [1.165, 1.54) is 46.6 Å². The van der Waals surface area contributed by atoms with Crippen molar-refractivity contribution in [3.63, 3.8) is 0 Å². The predicted molar refractivity (Wildman–Crippen MR) is 146 cm³/mol. The number of nitro benzene ring substituents is 1. The summed E-state index contributed by atoms with van der Waals surface area (Å²) in [6.07, 6.45) is 0. The molecule has 4 aromatic rings. The van der Waals surface area contributed by atoms with Crippen molar-refractivity contribution in [3.8, 4) is 17.2 Å². The number of benzene rings is 3. The van der Waals surface area contributed by atoms with Gasteiger partial charge in [0.1, 0.15) is 24.7 Å². The number of hydrogen-bond acceptors (Lipinski definition) is 10. The number of hydrogen-bond donors (Lipinski definition) is 1. The van der Waals surface area contributed by atoms with Crippen molar-refractivity contribution < 1.29 is 33.8 Å². The second-order valence-electron chi connectivity index (χ2n) is 8.94. The van der Waals surface area contributed by atoms with Gasteiger partial charge in [0.15, 0.2) is 16.6 Å². The summed E-state index contributed by atoms with van der Waals surface area (Å²) in [7, 11) is 0. The number of anilines is 1. The van der Waals surface area contributed by atoms with Crippen LogP contribution >= 0.6 is 11.3 Å². The largest absolute Gasteiger partial charge is 0.507 e. The van der Waals surface area contributed by atoms with Crippen molar-refractivity contribution in [2.45, 2.75) is 13.0 Å². The smallest absolute Gasteiger partial charge is 0.301 e. The number of Topliss-reactive ketones (excluding diaryl/α,β-unsaturated/α-hetero) is 1. The molecule has 0 radical (unpaired) electrons. The lowest BCUT2D eigenvalue weighted by molar-refractivity contribution is -0.384. The Kier molecular flexibility index (Phi) is 6.31. The summed E-state index contributed by atoms with van der Waals surface area (Å²) in [5.74, 6) is -0.681. The number of amides is 1. The molecule has 3 heterocycles. The van der Waals surface area contributed by atoms with Gasteiger partial charge in [0.05, 0.1) is 33.4 Å². The Morgan fingerprint density at radius 1 is 1.10 bits per heavy atom. The third-order valence-electron chi connectivity index (χ3n) is 6.55. The maximum Gasteiger partial charge on any atom is 0.301 e. The van der Waals surface area contributed by atoms with Gasteiger partial charge in [-0.05, 0) is 61.0 Å². The van der Waals surface area contributed by atoms with Crippen LogP contribution in [-0.4, -0.2) is 46.5 Å². The molecule has 3 aromatic carbocycles. The highest BCUT2D eigenvalue weighted by Gasteiger charge is 2.48. The number of aliphatic hydroxyl groups is 1. The number of ether oxygens (including phenoxy) is 3. The second kappa shape index (κ2) is 9.97. The molecule has 1 atom stereocenters. The van der Waals surface area contributed by atoms with Gasteiger partial charge in [-0.2, -0.15) is 0 Å². The molecule has 0 saturated carbocycles. The molecule has 1 saturated heterocycles. The molecule has 11 nitrogen and oxygen atoms in total. The number of non-ortho nitro benzene ring substituents is 1. The highest BCUT2D eigenvalue weighted by atomic mass is 32.1. The zero-order valence-corrected chi connectivity index (χ0v) is 21.8.